The van der Waals surface area contributed by atoms with Crippen LogP contribution in [0.2, 0.25) is 0 Å². The van der Waals surface area contributed by atoms with Crippen LogP contribution < -0.4 is 15.5 Å². The minimum Gasteiger partial charge on any atom is -0.489 e. The highest BCUT2D eigenvalue weighted by Gasteiger charge is 2.12. The van der Waals surface area contributed by atoms with Crippen LogP contribution in [0.5, 0.6) is 5.75 Å². The van der Waals surface area contributed by atoms with E-state index >= 15 is 0 Å². The Morgan fingerprint density at radius 1 is 1.04 bits per heavy atom. The van der Waals surface area contributed by atoms with E-state index in [1.807, 2.05) is 18.2 Å². The Morgan fingerprint density at radius 3 is 2.50 bits per heavy atom. The van der Waals surface area contributed by atoms with Crippen LogP contribution in [0.1, 0.15) is 5.56 Å². The van der Waals surface area contributed by atoms with Crippen LogP contribution in [-0.2, 0) is 9.59 Å². The van der Waals surface area contributed by atoms with Crippen molar-refractivity contribution < 1.29 is 14.3 Å². The second-order valence-electron chi connectivity index (χ2n) is 4.66. The lowest BCUT2D eigenvalue weighted by Crippen LogP contribution is -2.32. The van der Waals surface area contributed by atoms with Crippen LogP contribution in [0.15, 0.2) is 72.4 Å². The number of hydrogen-bond acceptors (Lipinski definition) is 4. The highest BCUT2D eigenvalue weighted by molar-refractivity contribution is 6.39. The summed E-state index contributed by atoms with van der Waals surface area (Å²) in [6.07, 6.45) is 3.04. The van der Waals surface area contributed by atoms with Gasteiger partial charge in [-0.1, -0.05) is 43.0 Å². The first-order chi connectivity index (χ1) is 11.7. The van der Waals surface area contributed by atoms with Crippen LogP contribution in [0.25, 0.3) is 0 Å². The lowest BCUT2D eigenvalue weighted by Gasteiger charge is -2.06. The molecule has 0 bridgehead atoms. The van der Waals surface area contributed by atoms with E-state index in [0.717, 1.165) is 0 Å². The molecule has 0 saturated carbocycles. The molecule has 24 heavy (non-hydrogen) atoms. The molecule has 0 unspecified atom stereocenters. The highest BCUT2D eigenvalue weighted by atomic mass is 16.5. The normalized spacial score (nSPS) is 10.2. The van der Waals surface area contributed by atoms with Gasteiger partial charge in [-0.3, -0.25) is 9.59 Å². The minimum atomic E-state index is -0.861. The lowest BCUT2D eigenvalue weighted by molar-refractivity contribution is -0.136. The lowest BCUT2D eigenvalue weighted by atomic mass is 10.2. The van der Waals surface area contributed by atoms with Gasteiger partial charge in [0.25, 0.3) is 0 Å². The monoisotopic (exact) mass is 323 g/mol. The molecule has 6 nitrogen and oxygen atoms in total. The van der Waals surface area contributed by atoms with Crippen molar-refractivity contribution in [3.05, 3.63) is 72.8 Å². The summed E-state index contributed by atoms with van der Waals surface area (Å²) >= 11 is 0. The summed E-state index contributed by atoms with van der Waals surface area (Å²) < 4.78 is 5.47. The van der Waals surface area contributed by atoms with Gasteiger partial charge in [-0.15, -0.1) is 0 Å². The third kappa shape index (κ3) is 5.10. The van der Waals surface area contributed by atoms with Crippen LogP contribution in [-0.4, -0.2) is 24.6 Å². The zero-order chi connectivity index (χ0) is 17.2. The van der Waals surface area contributed by atoms with E-state index in [-0.39, 0.29) is 0 Å². The fourth-order valence-electron chi connectivity index (χ4n) is 1.79. The summed E-state index contributed by atoms with van der Waals surface area (Å²) in [7, 11) is 0. The van der Waals surface area contributed by atoms with Gasteiger partial charge >= 0.3 is 11.8 Å². The van der Waals surface area contributed by atoms with E-state index < -0.39 is 11.8 Å². The molecule has 0 aliphatic carbocycles. The van der Waals surface area contributed by atoms with Crippen LogP contribution >= 0.6 is 0 Å². The standard InChI is InChI=1S/C18H17N3O3/c1-2-12-24-16-11-7-6-8-14(16)13-19-21-18(23)17(22)20-15-9-4-3-5-10-15/h2-11,13H,1,12H2,(H,20,22)(H,21,23)/b19-13-. The Balaban J connectivity index is 1.92. The Labute approximate surface area is 139 Å². The molecule has 0 aromatic heterocycles. The number of hydrazone groups is 1. The largest absolute Gasteiger partial charge is 0.489 e. The smallest absolute Gasteiger partial charge is 0.329 e. The maximum Gasteiger partial charge on any atom is 0.329 e. The first-order valence-electron chi connectivity index (χ1n) is 7.23. The van der Waals surface area contributed by atoms with Crippen LogP contribution in [0.3, 0.4) is 0 Å². The SMILES string of the molecule is C=CCOc1ccccc1/C=N\NC(=O)C(=O)Nc1ccccc1. The summed E-state index contributed by atoms with van der Waals surface area (Å²) in [6.45, 7) is 3.94. The van der Waals surface area contributed by atoms with Gasteiger partial charge in [0, 0.05) is 11.3 Å². The highest BCUT2D eigenvalue weighted by Crippen LogP contribution is 2.15. The average Bonchev–Trinajstić information content (AvgIpc) is 2.61. The molecule has 2 rings (SSSR count). The van der Waals surface area contributed by atoms with Gasteiger partial charge in [-0.2, -0.15) is 5.10 Å². The molecule has 0 spiro atoms. The topological polar surface area (TPSA) is 79.8 Å². The predicted octanol–water partition coefficient (Wildman–Crippen LogP) is 2.34. The number of para-hydroxylation sites is 2. The zero-order valence-electron chi connectivity index (χ0n) is 12.9. The van der Waals surface area contributed by atoms with E-state index in [0.29, 0.717) is 23.6 Å². The molecule has 0 atom stereocenters. The molecule has 122 valence electrons. The number of nitrogens with one attached hydrogen (secondary N) is 2. The van der Waals surface area contributed by atoms with Gasteiger partial charge in [0.2, 0.25) is 0 Å². The van der Waals surface area contributed by atoms with Crippen molar-refractivity contribution in [3.63, 3.8) is 0 Å². The number of benzene rings is 2. The van der Waals surface area contributed by atoms with E-state index in [9.17, 15) is 9.59 Å². The molecule has 2 aromatic carbocycles. The molecule has 2 N–H and O–H groups in total. The number of amides is 2. The summed E-state index contributed by atoms with van der Waals surface area (Å²) in [5.41, 5.74) is 3.38. The maximum absolute atomic E-state index is 11.7. The van der Waals surface area contributed by atoms with Gasteiger partial charge in [-0.05, 0) is 24.3 Å². The number of anilines is 1. The van der Waals surface area contributed by atoms with Crippen molar-refractivity contribution in [2.24, 2.45) is 5.10 Å². The van der Waals surface area contributed by atoms with Crippen LogP contribution in [0, 0.1) is 0 Å². The summed E-state index contributed by atoms with van der Waals surface area (Å²) in [4.78, 5) is 23.4. The molecule has 0 heterocycles. The number of carbonyl (C=O) groups excluding carboxylic acids is 2. The Kier molecular flexibility index (Phi) is 6.28. The first-order valence-corrected chi connectivity index (χ1v) is 7.23. The van der Waals surface area contributed by atoms with Crippen LogP contribution in [0.4, 0.5) is 5.69 Å². The van der Waals surface area contributed by atoms with Gasteiger partial charge in [0.1, 0.15) is 12.4 Å². The van der Waals surface area contributed by atoms with Gasteiger partial charge in [-0.25, -0.2) is 5.43 Å². The summed E-state index contributed by atoms with van der Waals surface area (Å²) in [5.74, 6) is -1.06. The quantitative estimate of drug-likeness (QED) is 0.371. The van der Waals surface area contributed by atoms with Gasteiger partial charge in [0.15, 0.2) is 0 Å². The Hall–Kier alpha value is -3.41. The molecule has 0 aliphatic rings. The van der Waals surface area contributed by atoms with E-state index in [1.165, 1.54) is 6.21 Å². The maximum atomic E-state index is 11.7. The number of carbonyl (C=O) groups is 2. The molecule has 0 radical (unpaired) electrons. The molecule has 6 heteroatoms. The van der Waals surface area contributed by atoms with Crippen molar-refractivity contribution in [1.82, 2.24) is 5.43 Å². The van der Waals surface area contributed by atoms with Crippen molar-refractivity contribution in [2.45, 2.75) is 0 Å². The Bertz CT molecular complexity index is 742. The third-order valence-corrected chi connectivity index (χ3v) is 2.88. The minimum absolute atomic E-state index is 0.358. The Morgan fingerprint density at radius 2 is 1.75 bits per heavy atom. The molecular weight excluding hydrogens is 306 g/mol. The summed E-state index contributed by atoms with van der Waals surface area (Å²) in [6, 6.07) is 15.9. The molecule has 0 fully saturated rings. The molecular formula is C18H17N3O3. The van der Waals surface area contributed by atoms with Crippen molar-refractivity contribution >= 4 is 23.7 Å². The van der Waals surface area contributed by atoms with E-state index in [2.05, 4.69) is 22.4 Å². The number of hydrogen-bond donors (Lipinski definition) is 2. The van der Waals surface area contributed by atoms with Crippen molar-refractivity contribution in [1.29, 1.82) is 0 Å². The molecule has 2 amide bonds. The molecule has 0 saturated heterocycles. The van der Waals surface area contributed by atoms with E-state index in [1.54, 1.807) is 42.5 Å². The number of ether oxygens (including phenoxy) is 1. The van der Waals surface area contributed by atoms with Gasteiger partial charge in [0.05, 0.1) is 6.21 Å². The van der Waals surface area contributed by atoms with E-state index in [4.69, 9.17) is 4.74 Å². The second-order valence-corrected chi connectivity index (χ2v) is 4.66. The molecule has 2 aromatic rings. The fourth-order valence-corrected chi connectivity index (χ4v) is 1.79. The number of nitrogens with zero attached hydrogens (tertiary/aromatic N) is 1. The summed E-state index contributed by atoms with van der Waals surface area (Å²) in [5, 5.41) is 6.25. The van der Waals surface area contributed by atoms with Crippen molar-refractivity contribution in [3.8, 4) is 5.75 Å². The van der Waals surface area contributed by atoms with Crippen molar-refractivity contribution in [2.75, 3.05) is 11.9 Å². The third-order valence-electron chi connectivity index (χ3n) is 2.88. The first kappa shape index (κ1) is 17.0. The van der Waals surface area contributed by atoms with Gasteiger partial charge < -0.3 is 10.1 Å². The zero-order valence-corrected chi connectivity index (χ0v) is 12.9. The number of rotatable bonds is 6. The predicted molar refractivity (Wildman–Crippen MR) is 92.9 cm³/mol. The molecule has 0 aliphatic heterocycles. The average molecular weight is 323 g/mol. The second kappa shape index (κ2) is 8.89. The fraction of sp³-hybridized carbons (Fsp3) is 0.0556.